The Labute approximate surface area is 111 Å². The number of aryl methyl sites for hydroxylation is 1. The molecule has 1 aromatic carbocycles. The van der Waals surface area contributed by atoms with Crippen LogP contribution in [0.1, 0.15) is 33.2 Å². The number of aromatic carboxylic acids is 1. The van der Waals surface area contributed by atoms with Crippen molar-refractivity contribution in [2.45, 2.75) is 18.7 Å². The van der Waals surface area contributed by atoms with Crippen LogP contribution in [0.25, 0.3) is 0 Å². The van der Waals surface area contributed by atoms with Gasteiger partial charge in [0.1, 0.15) is 10.5 Å². The fraction of sp³-hybridized carbons (Fsp3) is 0.182. The zero-order valence-corrected chi connectivity index (χ0v) is 10.8. The highest BCUT2D eigenvalue weighted by Crippen LogP contribution is 2.27. The number of carbonyl (C=O) groups excluding carboxylic acids is 2. The van der Waals surface area contributed by atoms with Crippen LogP contribution < -0.4 is 0 Å². The van der Waals surface area contributed by atoms with Gasteiger partial charge >= 0.3 is 11.9 Å². The maximum atomic E-state index is 11.4. The predicted molar refractivity (Wildman–Crippen MR) is 66.0 cm³/mol. The minimum absolute atomic E-state index is 0.0803. The van der Waals surface area contributed by atoms with Gasteiger partial charge in [-0.2, -0.15) is 0 Å². The van der Waals surface area contributed by atoms with Crippen molar-refractivity contribution in [2.75, 3.05) is 0 Å². The lowest BCUT2D eigenvalue weighted by Crippen LogP contribution is -2.15. The third-order valence-electron chi connectivity index (χ3n) is 2.21. The van der Waals surface area contributed by atoms with Gasteiger partial charge in [0.2, 0.25) is 0 Å². The number of hydrogen-bond donors (Lipinski definition) is 1. The summed E-state index contributed by atoms with van der Waals surface area (Å²) in [6.07, 6.45) is 0. The number of benzene rings is 1. The highest BCUT2D eigenvalue weighted by Gasteiger charge is 2.26. The van der Waals surface area contributed by atoms with E-state index in [9.17, 15) is 24.5 Å². The summed E-state index contributed by atoms with van der Waals surface area (Å²) in [5.74, 6) is -2.74. The summed E-state index contributed by atoms with van der Waals surface area (Å²) >= 11 is 0.648. The van der Waals surface area contributed by atoms with Crippen molar-refractivity contribution in [3.63, 3.8) is 0 Å². The van der Waals surface area contributed by atoms with Gasteiger partial charge in [0.25, 0.3) is 0 Å². The van der Waals surface area contributed by atoms with Gasteiger partial charge in [-0.1, -0.05) is 11.8 Å². The molecule has 7 nitrogen and oxygen atoms in total. The largest absolute Gasteiger partial charge is 0.478 e. The van der Waals surface area contributed by atoms with Gasteiger partial charge in [-0.05, 0) is 24.6 Å². The first kappa shape index (κ1) is 14.8. The second-order valence-electron chi connectivity index (χ2n) is 3.62. The molecule has 0 aliphatic rings. The molecule has 0 heterocycles. The van der Waals surface area contributed by atoms with Crippen LogP contribution in [0.4, 0.5) is 0 Å². The molecule has 0 unspecified atom stereocenters. The minimum atomic E-state index is -1.44. The number of hydrogen-bond acceptors (Lipinski definition) is 6. The van der Waals surface area contributed by atoms with E-state index in [-0.39, 0.29) is 15.6 Å². The second kappa shape index (κ2) is 5.61. The Bertz CT molecular complexity index is 595. The topological polar surface area (TPSA) is 115 Å². The molecule has 0 aromatic heterocycles. The van der Waals surface area contributed by atoms with Crippen LogP contribution in [0.2, 0.25) is 0 Å². The van der Waals surface area contributed by atoms with Gasteiger partial charge in [0.15, 0.2) is 5.12 Å². The molecular weight excluding hydrogens is 274 g/mol. The summed E-state index contributed by atoms with van der Waals surface area (Å²) in [6, 6.07) is 2.21. The smallest absolute Gasteiger partial charge is 0.477 e. The maximum Gasteiger partial charge on any atom is 0.477 e. The maximum absolute atomic E-state index is 11.4. The van der Waals surface area contributed by atoms with Crippen LogP contribution in [0, 0.1) is 17.0 Å². The molecular formula is C11H9NO6S. The molecule has 0 atom stereocenters. The van der Waals surface area contributed by atoms with Crippen LogP contribution in [-0.2, 0) is 4.79 Å². The van der Waals surface area contributed by atoms with Gasteiger partial charge in [-0.25, -0.2) is 9.59 Å². The van der Waals surface area contributed by atoms with E-state index in [0.717, 1.165) is 6.07 Å². The molecule has 0 radical (unpaired) electrons. The summed E-state index contributed by atoms with van der Waals surface area (Å²) in [6.45, 7) is 2.72. The second-order valence-corrected chi connectivity index (χ2v) is 4.84. The molecule has 0 saturated heterocycles. The van der Waals surface area contributed by atoms with E-state index in [4.69, 9.17) is 5.11 Å². The molecule has 0 saturated carbocycles. The Kier molecular flexibility index (Phi) is 4.38. The Balaban J connectivity index is 3.49. The third-order valence-corrected chi connectivity index (χ3v) is 3.05. The van der Waals surface area contributed by atoms with E-state index in [2.05, 4.69) is 0 Å². The summed E-state index contributed by atoms with van der Waals surface area (Å²) in [5.41, 5.74) is -0.289. The van der Waals surface area contributed by atoms with Crippen LogP contribution in [0.5, 0.6) is 0 Å². The monoisotopic (exact) mass is 283 g/mol. The quantitative estimate of drug-likeness (QED) is 0.510. The standard InChI is InChI=1S/C11H9NO6S/c1-5-3-9(19-6(2)13)8(10(14)12(17)18)4-7(5)11(15)16/h3-4H,1-2H3,(H,15,16). The summed E-state index contributed by atoms with van der Waals surface area (Å²) in [7, 11) is 0. The fourth-order valence-corrected chi connectivity index (χ4v) is 2.22. The number of rotatable bonds is 3. The van der Waals surface area contributed by atoms with E-state index in [1.165, 1.54) is 19.9 Å². The summed E-state index contributed by atoms with van der Waals surface area (Å²) < 4.78 is 0. The molecule has 0 spiro atoms. The van der Waals surface area contributed by atoms with Crippen molar-refractivity contribution < 1.29 is 24.4 Å². The number of carboxylic acid groups (broad SMARTS) is 1. The molecule has 0 bridgehead atoms. The van der Waals surface area contributed by atoms with Crippen molar-refractivity contribution in [1.82, 2.24) is 0 Å². The Hall–Kier alpha value is -2.22. The average molecular weight is 283 g/mol. The molecule has 1 rings (SSSR count). The lowest BCUT2D eigenvalue weighted by atomic mass is 10.0. The minimum Gasteiger partial charge on any atom is -0.478 e. The summed E-state index contributed by atoms with van der Waals surface area (Å²) in [4.78, 5) is 42.9. The molecule has 19 heavy (non-hydrogen) atoms. The molecule has 1 aromatic rings. The molecule has 0 fully saturated rings. The van der Waals surface area contributed by atoms with Gasteiger partial charge in [-0.15, -0.1) is 0 Å². The molecule has 8 heteroatoms. The molecule has 0 aliphatic carbocycles. The van der Waals surface area contributed by atoms with Crippen molar-refractivity contribution in [2.24, 2.45) is 0 Å². The van der Waals surface area contributed by atoms with E-state index in [0.29, 0.717) is 17.3 Å². The fourth-order valence-electron chi connectivity index (χ4n) is 1.42. The Morgan fingerprint density at radius 2 is 1.84 bits per heavy atom. The Morgan fingerprint density at radius 3 is 2.26 bits per heavy atom. The number of thioether (sulfide) groups is 1. The van der Waals surface area contributed by atoms with Crippen LogP contribution >= 0.6 is 11.8 Å². The van der Waals surface area contributed by atoms with E-state index < -0.39 is 22.4 Å². The van der Waals surface area contributed by atoms with Crippen LogP contribution in [0.3, 0.4) is 0 Å². The van der Waals surface area contributed by atoms with Crippen molar-refractivity contribution in [1.29, 1.82) is 0 Å². The first-order chi connectivity index (χ1) is 8.73. The van der Waals surface area contributed by atoms with E-state index in [1.807, 2.05) is 0 Å². The average Bonchev–Trinajstić information content (AvgIpc) is 2.26. The number of carboxylic acids is 1. The normalized spacial score (nSPS) is 10.0. The van der Waals surface area contributed by atoms with Gasteiger partial charge in [0, 0.05) is 11.8 Å². The van der Waals surface area contributed by atoms with Crippen molar-refractivity contribution in [3.05, 3.63) is 38.9 Å². The summed E-state index contributed by atoms with van der Waals surface area (Å²) in [5, 5.41) is 19.1. The Morgan fingerprint density at radius 1 is 1.26 bits per heavy atom. The number of nitrogens with zero attached hydrogens (tertiary/aromatic N) is 1. The van der Waals surface area contributed by atoms with Crippen LogP contribution in [-0.4, -0.2) is 27.0 Å². The number of amides is 1. The van der Waals surface area contributed by atoms with E-state index >= 15 is 0 Å². The molecule has 1 N–H and O–H groups in total. The van der Waals surface area contributed by atoms with Gasteiger partial charge in [-0.3, -0.25) is 14.9 Å². The number of carbonyl (C=O) groups is 3. The highest BCUT2D eigenvalue weighted by molar-refractivity contribution is 8.13. The van der Waals surface area contributed by atoms with Gasteiger partial charge in [0.05, 0.1) is 5.56 Å². The number of nitro groups is 1. The third kappa shape index (κ3) is 3.38. The zero-order chi connectivity index (χ0) is 14.7. The van der Waals surface area contributed by atoms with E-state index in [1.54, 1.807) is 0 Å². The van der Waals surface area contributed by atoms with Crippen LogP contribution in [0.15, 0.2) is 17.0 Å². The highest BCUT2D eigenvalue weighted by atomic mass is 32.2. The lowest BCUT2D eigenvalue weighted by molar-refractivity contribution is -0.375. The first-order valence-electron chi connectivity index (χ1n) is 4.99. The zero-order valence-electron chi connectivity index (χ0n) is 10.00. The van der Waals surface area contributed by atoms with Gasteiger partial charge < -0.3 is 5.11 Å². The molecule has 0 aliphatic heterocycles. The molecule has 100 valence electrons. The predicted octanol–water partition coefficient (Wildman–Crippen LogP) is 1.75. The van der Waals surface area contributed by atoms with Crippen molar-refractivity contribution in [3.8, 4) is 0 Å². The first-order valence-corrected chi connectivity index (χ1v) is 5.80. The SMILES string of the molecule is CC(=O)Sc1cc(C)c(C(=O)O)cc1C(=O)[N+](=O)[O-]. The van der Waals surface area contributed by atoms with Crippen molar-refractivity contribution >= 4 is 28.8 Å². The lowest BCUT2D eigenvalue weighted by Gasteiger charge is -2.07. The molecule has 1 amide bonds.